The Bertz CT molecular complexity index is 686. The van der Waals surface area contributed by atoms with Gasteiger partial charge in [-0.15, -0.1) is 0 Å². The second-order valence-corrected chi connectivity index (χ2v) is 4.82. The lowest BCUT2D eigenvalue weighted by Gasteiger charge is -2.07. The molecule has 0 fully saturated rings. The molecule has 0 aliphatic carbocycles. The second kappa shape index (κ2) is 6.37. The van der Waals surface area contributed by atoms with Crippen LogP contribution < -0.4 is 5.32 Å². The Morgan fingerprint density at radius 2 is 1.81 bits per heavy atom. The number of amides is 1. The first-order chi connectivity index (χ1) is 9.94. The summed E-state index contributed by atoms with van der Waals surface area (Å²) >= 11 is 5.80. The highest BCUT2D eigenvalue weighted by atomic mass is 35.5. The minimum atomic E-state index is -1.13. The van der Waals surface area contributed by atoms with Gasteiger partial charge in [0.1, 0.15) is 5.82 Å². The summed E-state index contributed by atoms with van der Waals surface area (Å²) in [6.07, 6.45) is 0.0508. The molecule has 2 aromatic carbocycles. The first-order valence-corrected chi connectivity index (χ1v) is 6.40. The van der Waals surface area contributed by atoms with Crippen LogP contribution in [0.4, 0.5) is 10.1 Å². The zero-order valence-electron chi connectivity index (χ0n) is 10.8. The average Bonchev–Trinajstić information content (AvgIpc) is 2.40. The number of aromatic carboxylic acids is 1. The topological polar surface area (TPSA) is 66.4 Å². The number of anilines is 1. The van der Waals surface area contributed by atoms with Crippen LogP contribution >= 0.6 is 11.6 Å². The van der Waals surface area contributed by atoms with Crippen molar-refractivity contribution in [2.75, 3.05) is 5.32 Å². The molecule has 0 unspecified atom stereocenters. The highest BCUT2D eigenvalue weighted by Crippen LogP contribution is 2.19. The van der Waals surface area contributed by atoms with Gasteiger partial charge in [0.05, 0.1) is 12.0 Å². The number of nitrogens with one attached hydrogen (secondary N) is 1. The van der Waals surface area contributed by atoms with Crippen molar-refractivity contribution in [2.24, 2.45) is 0 Å². The lowest BCUT2D eigenvalue weighted by atomic mass is 10.1. The number of carboxylic acids is 1. The molecule has 4 nitrogen and oxygen atoms in total. The molecule has 108 valence electrons. The maximum Gasteiger partial charge on any atom is 0.335 e. The summed E-state index contributed by atoms with van der Waals surface area (Å²) < 4.78 is 12.8. The maximum atomic E-state index is 12.8. The molecule has 0 radical (unpaired) electrons. The van der Waals surface area contributed by atoms with Crippen LogP contribution in [0.15, 0.2) is 42.5 Å². The van der Waals surface area contributed by atoms with Gasteiger partial charge in [-0.2, -0.15) is 0 Å². The zero-order valence-corrected chi connectivity index (χ0v) is 11.5. The minimum Gasteiger partial charge on any atom is -0.478 e. The van der Waals surface area contributed by atoms with Crippen LogP contribution in [0, 0.1) is 5.82 Å². The van der Waals surface area contributed by atoms with E-state index in [4.69, 9.17) is 16.7 Å². The van der Waals surface area contributed by atoms with Crippen LogP contribution in [-0.2, 0) is 11.2 Å². The number of carbonyl (C=O) groups is 2. The molecule has 0 aromatic heterocycles. The Balaban J connectivity index is 2.09. The van der Waals surface area contributed by atoms with E-state index in [1.54, 1.807) is 0 Å². The number of halogens is 2. The van der Waals surface area contributed by atoms with Gasteiger partial charge in [-0.1, -0.05) is 23.7 Å². The summed E-state index contributed by atoms with van der Waals surface area (Å²) in [5.41, 5.74) is 0.931. The van der Waals surface area contributed by atoms with Gasteiger partial charge in [-0.05, 0) is 35.9 Å². The summed E-state index contributed by atoms with van der Waals surface area (Å²) in [7, 11) is 0. The number of carbonyl (C=O) groups excluding carboxylic acids is 1. The van der Waals surface area contributed by atoms with Gasteiger partial charge < -0.3 is 10.4 Å². The van der Waals surface area contributed by atoms with E-state index in [9.17, 15) is 14.0 Å². The predicted octanol–water partition coefficient (Wildman–Crippen LogP) is 3.36. The third-order valence-electron chi connectivity index (χ3n) is 2.71. The molecule has 21 heavy (non-hydrogen) atoms. The number of hydrogen-bond donors (Lipinski definition) is 2. The Hall–Kier alpha value is -2.40. The van der Waals surface area contributed by atoms with Crippen molar-refractivity contribution in [1.29, 1.82) is 0 Å². The fraction of sp³-hybridized carbons (Fsp3) is 0.0667. The van der Waals surface area contributed by atoms with Crippen molar-refractivity contribution in [1.82, 2.24) is 0 Å². The van der Waals surface area contributed by atoms with Crippen molar-refractivity contribution in [3.63, 3.8) is 0 Å². The zero-order chi connectivity index (χ0) is 15.4. The average molecular weight is 308 g/mol. The molecule has 0 bridgehead atoms. The van der Waals surface area contributed by atoms with Crippen LogP contribution in [0.3, 0.4) is 0 Å². The molecule has 0 saturated carbocycles. The van der Waals surface area contributed by atoms with E-state index in [0.29, 0.717) is 11.3 Å². The van der Waals surface area contributed by atoms with Gasteiger partial charge >= 0.3 is 5.97 Å². The summed E-state index contributed by atoms with van der Waals surface area (Å²) in [6, 6.07) is 9.62. The molecule has 0 aliphatic rings. The number of hydrogen-bond acceptors (Lipinski definition) is 2. The normalized spacial score (nSPS) is 10.2. The SMILES string of the molecule is O=C(Cc1ccc(F)cc1)Nc1cc(Cl)cc(C(=O)O)c1. The van der Waals surface area contributed by atoms with E-state index in [1.807, 2.05) is 0 Å². The van der Waals surface area contributed by atoms with Crippen LogP contribution in [0.5, 0.6) is 0 Å². The van der Waals surface area contributed by atoms with Crippen molar-refractivity contribution in [3.05, 3.63) is 64.4 Å². The quantitative estimate of drug-likeness (QED) is 0.910. The second-order valence-electron chi connectivity index (χ2n) is 4.39. The fourth-order valence-corrected chi connectivity index (χ4v) is 2.01. The van der Waals surface area contributed by atoms with Crippen molar-refractivity contribution in [2.45, 2.75) is 6.42 Å². The Kier molecular flexibility index (Phi) is 4.55. The molecule has 2 N–H and O–H groups in total. The molecule has 2 rings (SSSR count). The van der Waals surface area contributed by atoms with Crippen LogP contribution in [-0.4, -0.2) is 17.0 Å². The number of benzene rings is 2. The van der Waals surface area contributed by atoms with Gasteiger partial charge in [-0.25, -0.2) is 9.18 Å². The highest BCUT2D eigenvalue weighted by Gasteiger charge is 2.09. The van der Waals surface area contributed by atoms with Crippen LogP contribution in [0.1, 0.15) is 15.9 Å². The monoisotopic (exact) mass is 307 g/mol. The van der Waals surface area contributed by atoms with Gasteiger partial charge in [0.25, 0.3) is 0 Å². The van der Waals surface area contributed by atoms with E-state index in [0.717, 1.165) is 0 Å². The highest BCUT2D eigenvalue weighted by molar-refractivity contribution is 6.31. The van der Waals surface area contributed by atoms with Gasteiger partial charge in [0.15, 0.2) is 0 Å². The Labute approximate surface area is 125 Å². The molecule has 0 atom stereocenters. The Morgan fingerprint density at radius 1 is 1.14 bits per heavy atom. The molecule has 1 amide bonds. The van der Waals surface area contributed by atoms with Gasteiger partial charge in [0, 0.05) is 10.7 Å². The van der Waals surface area contributed by atoms with Gasteiger partial charge in [0.2, 0.25) is 5.91 Å². The molecular weight excluding hydrogens is 297 g/mol. The van der Waals surface area contributed by atoms with Crippen LogP contribution in [0.2, 0.25) is 5.02 Å². The molecular formula is C15H11ClFNO3. The van der Waals surface area contributed by atoms with Crippen molar-refractivity contribution in [3.8, 4) is 0 Å². The van der Waals surface area contributed by atoms with E-state index >= 15 is 0 Å². The number of rotatable bonds is 4. The predicted molar refractivity (Wildman–Crippen MR) is 77.1 cm³/mol. The summed E-state index contributed by atoms with van der Waals surface area (Å²) in [6.45, 7) is 0. The third-order valence-corrected chi connectivity index (χ3v) is 2.92. The molecule has 2 aromatic rings. The summed E-state index contributed by atoms with van der Waals surface area (Å²) in [4.78, 5) is 22.8. The largest absolute Gasteiger partial charge is 0.478 e. The molecule has 0 heterocycles. The first-order valence-electron chi connectivity index (χ1n) is 6.02. The smallest absolute Gasteiger partial charge is 0.335 e. The fourth-order valence-electron chi connectivity index (χ4n) is 1.78. The summed E-state index contributed by atoms with van der Waals surface area (Å²) in [5, 5.41) is 11.7. The first kappa shape index (κ1) is 15.0. The standard InChI is InChI=1S/C15H11ClFNO3/c16-11-6-10(15(20)21)7-13(8-11)18-14(19)5-9-1-3-12(17)4-2-9/h1-4,6-8H,5H2,(H,18,19)(H,20,21). The van der Waals surface area contributed by atoms with E-state index in [-0.39, 0.29) is 28.7 Å². The molecule has 0 aliphatic heterocycles. The molecule has 6 heteroatoms. The van der Waals surface area contributed by atoms with E-state index < -0.39 is 5.97 Å². The third kappa shape index (κ3) is 4.29. The minimum absolute atomic E-state index is 0.0143. The van der Waals surface area contributed by atoms with Gasteiger partial charge in [-0.3, -0.25) is 4.79 Å². The van der Waals surface area contributed by atoms with Crippen LogP contribution in [0.25, 0.3) is 0 Å². The number of carboxylic acid groups (broad SMARTS) is 1. The Morgan fingerprint density at radius 3 is 2.43 bits per heavy atom. The van der Waals surface area contributed by atoms with E-state index in [1.165, 1.54) is 42.5 Å². The van der Waals surface area contributed by atoms with E-state index in [2.05, 4.69) is 5.32 Å². The van der Waals surface area contributed by atoms with Crippen molar-refractivity contribution >= 4 is 29.2 Å². The lowest BCUT2D eigenvalue weighted by Crippen LogP contribution is -2.14. The summed E-state index contributed by atoms with van der Waals surface area (Å²) in [5.74, 6) is -1.85. The van der Waals surface area contributed by atoms with Crippen molar-refractivity contribution < 1.29 is 19.1 Å². The molecule has 0 spiro atoms. The maximum absolute atomic E-state index is 12.8. The lowest BCUT2D eigenvalue weighted by molar-refractivity contribution is -0.115. The molecule has 0 saturated heterocycles.